The number of carbonyl (C=O) groups is 3. The maximum absolute atomic E-state index is 13.4. The lowest BCUT2D eigenvalue weighted by Crippen LogP contribution is -2.29. The van der Waals surface area contributed by atoms with Gasteiger partial charge in [-0.15, -0.1) is 0 Å². The molecule has 0 aliphatic carbocycles. The Morgan fingerprint density at radius 1 is 0.947 bits per heavy atom. The summed E-state index contributed by atoms with van der Waals surface area (Å²) in [6.45, 7) is 0. The molecule has 10 heteroatoms. The van der Waals surface area contributed by atoms with E-state index in [-0.39, 0.29) is 33.4 Å². The fourth-order valence-electron chi connectivity index (χ4n) is 4.29. The van der Waals surface area contributed by atoms with Gasteiger partial charge < -0.3 is 19.3 Å². The second-order valence-electron chi connectivity index (χ2n) is 8.34. The molecular formula is C28H23Cl2NO7. The summed E-state index contributed by atoms with van der Waals surface area (Å²) in [5.41, 5.74) is 1.56. The molecular weight excluding hydrogens is 533 g/mol. The van der Waals surface area contributed by atoms with E-state index in [1.807, 2.05) is 0 Å². The van der Waals surface area contributed by atoms with Crippen molar-refractivity contribution in [3.63, 3.8) is 0 Å². The molecule has 1 aliphatic heterocycles. The van der Waals surface area contributed by atoms with Crippen molar-refractivity contribution in [1.29, 1.82) is 0 Å². The zero-order chi connectivity index (χ0) is 27.6. The molecule has 0 bridgehead atoms. The Balaban J connectivity index is 1.89. The van der Waals surface area contributed by atoms with Gasteiger partial charge in [-0.2, -0.15) is 0 Å². The standard InChI is InChI=1S/C28H23Cl2NO7/c1-36-19-6-4-5-16(12-19)24-23(25(33)17-13-20(29)27(38-3)21(30)14-17)26(34)28(35)31(24)18-9-7-15(8-10-18)11-22(32)37-2/h4-10,12-14,24,33H,11H2,1-3H3/b25-23+. The minimum atomic E-state index is -1.00. The van der Waals surface area contributed by atoms with E-state index in [0.29, 0.717) is 22.6 Å². The third-order valence-electron chi connectivity index (χ3n) is 6.12. The Hall–Kier alpha value is -4.01. The van der Waals surface area contributed by atoms with Crippen molar-refractivity contribution in [2.24, 2.45) is 0 Å². The molecule has 8 nitrogen and oxygen atoms in total. The summed E-state index contributed by atoms with van der Waals surface area (Å²) >= 11 is 12.5. The zero-order valence-corrected chi connectivity index (χ0v) is 22.2. The quantitative estimate of drug-likeness (QED) is 0.181. The number of nitrogens with zero attached hydrogens (tertiary/aromatic N) is 1. The lowest BCUT2D eigenvalue weighted by molar-refractivity contribution is -0.139. The Morgan fingerprint density at radius 2 is 1.61 bits per heavy atom. The number of amides is 1. The van der Waals surface area contributed by atoms with Gasteiger partial charge in [-0.3, -0.25) is 19.3 Å². The molecule has 1 heterocycles. The van der Waals surface area contributed by atoms with Crippen molar-refractivity contribution in [2.45, 2.75) is 12.5 Å². The highest BCUT2D eigenvalue weighted by Crippen LogP contribution is 2.44. The third-order valence-corrected chi connectivity index (χ3v) is 6.68. The van der Waals surface area contributed by atoms with E-state index in [2.05, 4.69) is 0 Å². The second kappa shape index (κ2) is 11.2. The average Bonchev–Trinajstić information content (AvgIpc) is 3.18. The van der Waals surface area contributed by atoms with E-state index in [0.717, 1.165) is 0 Å². The summed E-state index contributed by atoms with van der Waals surface area (Å²) in [7, 11) is 4.20. The maximum atomic E-state index is 13.4. The van der Waals surface area contributed by atoms with Gasteiger partial charge in [0.2, 0.25) is 0 Å². The lowest BCUT2D eigenvalue weighted by Gasteiger charge is -2.26. The number of aliphatic hydroxyl groups excluding tert-OH is 1. The molecule has 1 atom stereocenters. The Kier molecular flexibility index (Phi) is 7.94. The number of Topliss-reactive ketones (excluding diaryl/α,β-unsaturated/α-hetero) is 1. The molecule has 1 saturated heterocycles. The maximum Gasteiger partial charge on any atom is 0.309 e. The van der Waals surface area contributed by atoms with E-state index < -0.39 is 29.5 Å². The number of aliphatic hydroxyl groups is 1. The van der Waals surface area contributed by atoms with Crippen LogP contribution in [0.5, 0.6) is 11.5 Å². The first-order valence-electron chi connectivity index (χ1n) is 11.3. The molecule has 0 spiro atoms. The van der Waals surface area contributed by atoms with E-state index in [9.17, 15) is 19.5 Å². The molecule has 3 aromatic rings. The fourth-order valence-corrected chi connectivity index (χ4v) is 4.93. The second-order valence-corrected chi connectivity index (χ2v) is 9.15. The van der Waals surface area contributed by atoms with Gasteiger partial charge in [0.25, 0.3) is 11.7 Å². The van der Waals surface area contributed by atoms with Crippen molar-refractivity contribution >= 4 is 52.3 Å². The average molecular weight is 556 g/mol. The van der Waals surface area contributed by atoms with Gasteiger partial charge in [-0.1, -0.05) is 47.5 Å². The first-order chi connectivity index (χ1) is 18.2. The number of methoxy groups -OCH3 is 3. The highest BCUT2D eigenvalue weighted by molar-refractivity contribution is 6.51. The van der Waals surface area contributed by atoms with E-state index in [4.69, 9.17) is 37.4 Å². The van der Waals surface area contributed by atoms with E-state index in [1.165, 1.54) is 38.4 Å². The molecule has 4 rings (SSSR count). The predicted octanol–water partition coefficient (Wildman–Crippen LogP) is 5.35. The van der Waals surface area contributed by atoms with Crippen LogP contribution in [0.1, 0.15) is 22.7 Å². The number of carbonyl (C=O) groups excluding carboxylic acids is 3. The van der Waals surface area contributed by atoms with Crippen molar-refractivity contribution < 1.29 is 33.7 Å². The first-order valence-corrected chi connectivity index (χ1v) is 12.1. The van der Waals surface area contributed by atoms with Crippen molar-refractivity contribution in [1.82, 2.24) is 0 Å². The molecule has 3 aromatic carbocycles. The summed E-state index contributed by atoms with van der Waals surface area (Å²) in [6, 6.07) is 15.2. The molecule has 0 saturated carbocycles. The summed E-state index contributed by atoms with van der Waals surface area (Å²) in [4.78, 5) is 39.7. The molecule has 1 fully saturated rings. The minimum Gasteiger partial charge on any atom is -0.507 e. The van der Waals surface area contributed by atoms with Crippen LogP contribution in [-0.2, 0) is 25.5 Å². The molecule has 1 amide bonds. The molecule has 1 unspecified atom stereocenters. The molecule has 0 aromatic heterocycles. The fraction of sp³-hybridized carbons (Fsp3) is 0.179. The van der Waals surface area contributed by atoms with Gasteiger partial charge in [-0.25, -0.2) is 0 Å². The van der Waals surface area contributed by atoms with Crippen LogP contribution in [-0.4, -0.2) is 44.1 Å². The monoisotopic (exact) mass is 555 g/mol. The van der Waals surface area contributed by atoms with Gasteiger partial charge in [0, 0.05) is 11.3 Å². The van der Waals surface area contributed by atoms with Crippen LogP contribution in [0.4, 0.5) is 5.69 Å². The number of halogens is 2. The summed E-state index contributed by atoms with van der Waals surface area (Å²) in [5.74, 6) is -1.89. The third kappa shape index (κ3) is 5.05. The number of benzene rings is 3. The largest absolute Gasteiger partial charge is 0.507 e. The Labute approximate surface area is 228 Å². The van der Waals surface area contributed by atoms with Gasteiger partial charge >= 0.3 is 5.97 Å². The summed E-state index contributed by atoms with van der Waals surface area (Å²) < 4.78 is 15.2. The number of rotatable bonds is 7. The van der Waals surface area contributed by atoms with Crippen LogP contribution in [0.2, 0.25) is 10.0 Å². The normalized spacial score (nSPS) is 16.4. The predicted molar refractivity (Wildman–Crippen MR) is 143 cm³/mol. The van der Waals surface area contributed by atoms with Gasteiger partial charge in [0.1, 0.15) is 11.5 Å². The number of esters is 1. The molecule has 38 heavy (non-hydrogen) atoms. The SMILES string of the molecule is COC(=O)Cc1ccc(N2C(=O)C(=O)/C(=C(/O)c3cc(Cl)c(OC)c(Cl)c3)C2c2cccc(OC)c2)cc1. The van der Waals surface area contributed by atoms with Crippen molar-refractivity contribution in [3.05, 3.63) is 93.0 Å². The Bertz CT molecular complexity index is 1430. The number of hydrogen-bond donors (Lipinski definition) is 1. The smallest absolute Gasteiger partial charge is 0.309 e. The number of ether oxygens (including phenoxy) is 3. The molecule has 1 N–H and O–H groups in total. The highest BCUT2D eigenvalue weighted by atomic mass is 35.5. The van der Waals surface area contributed by atoms with Gasteiger partial charge in [-0.05, 0) is 47.5 Å². The molecule has 0 radical (unpaired) electrons. The lowest BCUT2D eigenvalue weighted by atomic mass is 9.95. The van der Waals surface area contributed by atoms with Gasteiger partial charge in [0.05, 0.1) is 49.4 Å². The molecule has 1 aliphatic rings. The van der Waals surface area contributed by atoms with Crippen LogP contribution in [0.25, 0.3) is 5.76 Å². The van der Waals surface area contributed by atoms with Crippen LogP contribution in [0, 0.1) is 0 Å². The van der Waals surface area contributed by atoms with Crippen molar-refractivity contribution in [2.75, 3.05) is 26.2 Å². The van der Waals surface area contributed by atoms with E-state index in [1.54, 1.807) is 48.5 Å². The topological polar surface area (TPSA) is 102 Å². The highest BCUT2D eigenvalue weighted by Gasteiger charge is 2.47. The summed E-state index contributed by atoms with van der Waals surface area (Å²) in [5, 5.41) is 11.6. The molecule has 196 valence electrons. The Morgan fingerprint density at radius 3 is 2.18 bits per heavy atom. The minimum absolute atomic E-state index is 0.0495. The van der Waals surface area contributed by atoms with Crippen molar-refractivity contribution in [3.8, 4) is 11.5 Å². The van der Waals surface area contributed by atoms with Crippen LogP contribution in [0.15, 0.2) is 66.2 Å². The zero-order valence-electron chi connectivity index (χ0n) is 20.7. The number of hydrogen-bond acceptors (Lipinski definition) is 7. The van der Waals surface area contributed by atoms with Gasteiger partial charge in [0.15, 0.2) is 5.75 Å². The van der Waals surface area contributed by atoms with Crippen LogP contribution in [0.3, 0.4) is 0 Å². The van der Waals surface area contributed by atoms with Crippen LogP contribution >= 0.6 is 23.2 Å². The summed E-state index contributed by atoms with van der Waals surface area (Å²) in [6.07, 6.45) is 0.0495. The van der Waals surface area contributed by atoms with E-state index >= 15 is 0 Å². The van der Waals surface area contributed by atoms with Crippen LogP contribution < -0.4 is 14.4 Å². The number of ketones is 1. The first kappa shape index (κ1) is 27.0. The number of anilines is 1.